The van der Waals surface area contributed by atoms with E-state index in [9.17, 15) is 4.79 Å². The molecule has 2 aromatic rings. The van der Waals surface area contributed by atoms with Crippen LogP contribution >= 0.6 is 23.3 Å². The van der Waals surface area contributed by atoms with Gasteiger partial charge in [-0.15, -0.1) is 5.10 Å². The number of hydrogen-bond donors (Lipinski definition) is 0. The lowest BCUT2D eigenvalue weighted by molar-refractivity contribution is 0.0675. The molecule has 0 bridgehead atoms. The number of aryl methyl sites for hydroxylation is 1. The van der Waals surface area contributed by atoms with Crippen molar-refractivity contribution >= 4 is 29.2 Å². The van der Waals surface area contributed by atoms with Crippen molar-refractivity contribution in [2.45, 2.75) is 13.0 Å². The summed E-state index contributed by atoms with van der Waals surface area (Å²) in [6, 6.07) is 3.87. The quantitative estimate of drug-likeness (QED) is 0.851. The fraction of sp³-hybridized carbons (Fsp3) is 0.417. The average Bonchev–Trinajstić information content (AvgIpc) is 3.09. The molecule has 0 aromatic carbocycles. The molecule has 19 heavy (non-hydrogen) atoms. The van der Waals surface area contributed by atoms with E-state index in [-0.39, 0.29) is 11.9 Å². The van der Waals surface area contributed by atoms with Crippen LogP contribution in [0.3, 0.4) is 0 Å². The molecular weight excluding hydrogens is 282 g/mol. The van der Waals surface area contributed by atoms with E-state index >= 15 is 0 Å². The minimum atomic E-state index is -0.0619. The number of rotatable bonds is 2. The van der Waals surface area contributed by atoms with E-state index in [4.69, 9.17) is 4.42 Å². The standard InChI is InChI=1S/C12H13N3O2S2/c1-8-2-3-11(17-8)10-7-18-5-4-15(10)12(16)9-6-19-14-13-9/h2-3,6,10H,4-5,7H2,1H3. The van der Waals surface area contributed by atoms with Gasteiger partial charge in [0.15, 0.2) is 5.69 Å². The molecule has 1 fully saturated rings. The number of aromatic nitrogens is 2. The summed E-state index contributed by atoms with van der Waals surface area (Å²) >= 11 is 3.03. The SMILES string of the molecule is Cc1ccc(C2CSCCN2C(=O)c2csnn2)o1. The highest BCUT2D eigenvalue weighted by molar-refractivity contribution is 7.99. The average molecular weight is 295 g/mol. The van der Waals surface area contributed by atoms with Crippen LogP contribution < -0.4 is 0 Å². The van der Waals surface area contributed by atoms with E-state index in [1.54, 1.807) is 5.38 Å². The molecule has 1 atom stereocenters. The molecule has 1 unspecified atom stereocenters. The molecule has 2 aromatic heterocycles. The normalized spacial score (nSPS) is 19.6. The van der Waals surface area contributed by atoms with Crippen molar-refractivity contribution in [3.63, 3.8) is 0 Å². The van der Waals surface area contributed by atoms with Gasteiger partial charge in [-0.05, 0) is 30.6 Å². The summed E-state index contributed by atoms with van der Waals surface area (Å²) in [6.07, 6.45) is 0. The highest BCUT2D eigenvalue weighted by Gasteiger charge is 2.32. The van der Waals surface area contributed by atoms with Gasteiger partial charge in [0, 0.05) is 23.4 Å². The Hall–Kier alpha value is -1.34. The van der Waals surface area contributed by atoms with Crippen LogP contribution in [0.2, 0.25) is 0 Å². The first-order valence-electron chi connectivity index (χ1n) is 5.98. The third kappa shape index (κ3) is 2.52. The van der Waals surface area contributed by atoms with E-state index in [1.807, 2.05) is 35.7 Å². The largest absolute Gasteiger partial charge is 0.464 e. The van der Waals surface area contributed by atoms with Gasteiger partial charge < -0.3 is 9.32 Å². The van der Waals surface area contributed by atoms with Gasteiger partial charge in [0.2, 0.25) is 0 Å². The first-order chi connectivity index (χ1) is 9.25. The maximum Gasteiger partial charge on any atom is 0.275 e. The van der Waals surface area contributed by atoms with Gasteiger partial charge in [-0.25, -0.2) is 0 Å². The Morgan fingerprint density at radius 1 is 1.53 bits per heavy atom. The summed E-state index contributed by atoms with van der Waals surface area (Å²) in [4.78, 5) is 14.3. The fourth-order valence-electron chi connectivity index (χ4n) is 2.12. The molecule has 3 heterocycles. The smallest absolute Gasteiger partial charge is 0.275 e. The van der Waals surface area contributed by atoms with Crippen LogP contribution in [0, 0.1) is 6.92 Å². The number of thioether (sulfide) groups is 1. The summed E-state index contributed by atoms with van der Waals surface area (Å²) in [7, 11) is 0. The minimum Gasteiger partial charge on any atom is -0.464 e. The fourth-order valence-corrected chi connectivity index (χ4v) is 3.61. The number of hydrogen-bond acceptors (Lipinski definition) is 6. The summed E-state index contributed by atoms with van der Waals surface area (Å²) < 4.78 is 9.44. The Balaban J connectivity index is 1.87. The summed E-state index contributed by atoms with van der Waals surface area (Å²) in [5, 5.41) is 5.55. The molecular formula is C12H13N3O2S2. The minimum absolute atomic E-state index is 0.0124. The third-order valence-electron chi connectivity index (χ3n) is 3.06. The van der Waals surface area contributed by atoms with Crippen molar-refractivity contribution in [2.75, 3.05) is 18.1 Å². The predicted octanol–water partition coefficient (Wildman–Crippen LogP) is 2.37. The van der Waals surface area contributed by atoms with Gasteiger partial charge >= 0.3 is 0 Å². The summed E-state index contributed by atoms with van der Waals surface area (Å²) in [5.74, 6) is 3.46. The van der Waals surface area contributed by atoms with Crippen molar-refractivity contribution < 1.29 is 9.21 Å². The number of furan rings is 1. The van der Waals surface area contributed by atoms with Gasteiger partial charge in [0.25, 0.3) is 5.91 Å². The van der Waals surface area contributed by atoms with Crippen molar-refractivity contribution in [1.82, 2.24) is 14.5 Å². The lowest BCUT2D eigenvalue weighted by Gasteiger charge is -2.33. The van der Waals surface area contributed by atoms with Crippen LogP contribution in [-0.2, 0) is 0 Å². The van der Waals surface area contributed by atoms with E-state index in [0.717, 1.165) is 23.0 Å². The molecule has 1 aliphatic heterocycles. The van der Waals surface area contributed by atoms with Crippen LogP contribution in [0.1, 0.15) is 28.1 Å². The van der Waals surface area contributed by atoms with Crippen LogP contribution in [0.15, 0.2) is 21.9 Å². The molecule has 0 spiro atoms. The molecule has 1 amide bonds. The second kappa shape index (κ2) is 5.34. The Kier molecular flexibility index (Phi) is 3.56. The maximum atomic E-state index is 12.4. The van der Waals surface area contributed by atoms with Crippen molar-refractivity contribution in [2.24, 2.45) is 0 Å². The van der Waals surface area contributed by atoms with E-state index < -0.39 is 0 Å². The van der Waals surface area contributed by atoms with Crippen LogP contribution in [-0.4, -0.2) is 38.4 Å². The topological polar surface area (TPSA) is 59.2 Å². The summed E-state index contributed by atoms with van der Waals surface area (Å²) in [6.45, 7) is 2.63. The lowest BCUT2D eigenvalue weighted by atomic mass is 10.2. The molecule has 0 saturated carbocycles. The molecule has 0 N–H and O–H groups in total. The predicted molar refractivity (Wildman–Crippen MR) is 74.5 cm³/mol. The first-order valence-corrected chi connectivity index (χ1v) is 7.97. The second-order valence-electron chi connectivity index (χ2n) is 4.33. The van der Waals surface area contributed by atoms with E-state index in [1.165, 1.54) is 11.5 Å². The second-order valence-corrected chi connectivity index (χ2v) is 6.09. The van der Waals surface area contributed by atoms with Crippen LogP contribution in [0.4, 0.5) is 0 Å². The Labute approximate surface area is 119 Å². The zero-order valence-corrected chi connectivity index (χ0v) is 12.0. The van der Waals surface area contributed by atoms with Gasteiger partial charge in [-0.3, -0.25) is 4.79 Å². The molecule has 7 heteroatoms. The Bertz CT molecular complexity index is 567. The monoisotopic (exact) mass is 295 g/mol. The zero-order valence-electron chi connectivity index (χ0n) is 10.4. The molecule has 3 rings (SSSR count). The van der Waals surface area contributed by atoms with E-state index in [0.29, 0.717) is 12.2 Å². The van der Waals surface area contributed by atoms with Crippen molar-refractivity contribution in [3.05, 3.63) is 34.7 Å². The molecule has 1 saturated heterocycles. The molecule has 1 aliphatic rings. The van der Waals surface area contributed by atoms with Crippen molar-refractivity contribution in [3.8, 4) is 0 Å². The van der Waals surface area contributed by atoms with Crippen LogP contribution in [0.25, 0.3) is 0 Å². The molecule has 100 valence electrons. The van der Waals surface area contributed by atoms with Gasteiger partial charge in [0.05, 0.1) is 6.04 Å². The Morgan fingerprint density at radius 2 is 2.42 bits per heavy atom. The molecule has 0 aliphatic carbocycles. The maximum absolute atomic E-state index is 12.4. The first kappa shape index (κ1) is 12.7. The van der Waals surface area contributed by atoms with Gasteiger partial charge in [-0.1, -0.05) is 4.49 Å². The lowest BCUT2D eigenvalue weighted by Crippen LogP contribution is -2.40. The van der Waals surface area contributed by atoms with Crippen molar-refractivity contribution in [1.29, 1.82) is 0 Å². The highest BCUT2D eigenvalue weighted by Crippen LogP contribution is 2.31. The van der Waals surface area contributed by atoms with E-state index in [2.05, 4.69) is 9.59 Å². The van der Waals surface area contributed by atoms with Gasteiger partial charge in [-0.2, -0.15) is 11.8 Å². The molecule has 0 radical (unpaired) electrons. The molecule has 5 nitrogen and oxygen atoms in total. The number of nitrogens with zero attached hydrogens (tertiary/aromatic N) is 3. The number of carbonyl (C=O) groups is 1. The van der Waals surface area contributed by atoms with Crippen LogP contribution in [0.5, 0.6) is 0 Å². The zero-order chi connectivity index (χ0) is 13.2. The highest BCUT2D eigenvalue weighted by atomic mass is 32.2. The Morgan fingerprint density at radius 3 is 3.11 bits per heavy atom. The number of carbonyl (C=O) groups excluding carboxylic acids is 1. The third-order valence-corrected chi connectivity index (χ3v) is 4.59. The summed E-state index contributed by atoms with van der Waals surface area (Å²) in [5.41, 5.74) is 0.421. The van der Waals surface area contributed by atoms with Gasteiger partial charge in [0.1, 0.15) is 11.5 Å². The number of amides is 1.